The SMILES string of the molecule is CC1CCN(C(CNC(=O)c2ccc[nH]c2=O)c2cccs2)CC1. The van der Waals surface area contributed by atoms with Gasteiger partial charge in [0.15, 0.2) is 0 Å². The molecule has 1 unspecified atom stereocenters. The van der Waals surface area contributed by atoms with Crippen LogP contribution in [-0.2, 0) is 0 Å². The maximum absolute atomic E-state index is 12.3. The van der Waals surface area contributed by atoms with E-state index >= 15 is 0 Å². The summed E-state index contributed by atoms with van der Waals surface area (Å²) >= 11 is 1.72. The molecular formula is C18H23N3O2S. The summed E-state index contributed by atoms with van der Waals surface area (Å²) in [6, 6.07) is 7.55. The Bertz CT molecular complexity index is 718. The molecule has 3 heterocycles. The number of hydrogen-bond donors (Lipinski definition) is 2. The third-order valence-electron chi connectivity index (χ3n) is 4.65. The summed E-state index contributed by atoms with van der Waals surface area (Å²) in [6.45, 7) is 4.90. The van der Waals surface area contributed by atoms with Crippen LogP contribution in [0.2, 0.25) is 0 Å². The Balaban J connectivity index is 1.70. The number of nitrogens with one attached hydrogen (secondary N) is 2. The quantitative estimate of drug-likeness (QED) is 0.875. The number of amides is 1. The van der Waals surface area contributed by atoms with E-state index in [1.807, 2.05) is 6.07 Å². The Morgan fingerprint density at radius 1 is 1.38 bits per heavy atom. The average Bonchev–Trinajstić information content (AvgIpc) is 3.11. The number of H-pyrrole nitrogens is 1. The number of likely N-dealkylation sites (tertiary alicyclic amines) is 1. The third kappa shape index (κ3) is 3.94. The van der Waals surface area contributed by atoms with E-state index in [-0.39, 0.29) is 23.1 Å². The van der Waals surface area contributed by atoms with E-state index in [4.69, 9.17) is 0 Å². The number of rotatable bonds is 5. The van der Waals surface area contributed by atoms with Crippen molar-refractivity contribution in [1.29, 1.82) is 0 Å². The molecule has 1 saturated heterocycles. The summed E-state index contributed by atoms with van der Waals surface area (Å²) in [5.41, 5.74) is -0.191. The minimum Gasteiger partial charge on any atom is -0.350 e. The fourth-order valence-electron chi connectivity index (χ4n) is 3.12. The fourth-order valence-corrected chi connectivity index (χ4v) is 3.98. The molecule has 0 aromatic carbocycles. The molecule has 0 bridgehead atoms. The van der Waals surface area contributed by atoms with Crippen molar-refractivity contribution in [2.24, 2.45) is 5.92 Å². The van der Waals surface area contributed by atoms with Gasteiger partial charge in [0.2, 0.25) is 0 Å². The molecule has 2 aromatic rings. The topological polar surface area (TPSA) is 65.2 Å². The Morgan fingerprint density at radius 2 is 2.17 bits per heavy atom. The number of thiophene rings is 1. The summed E-state index contributed by atoms with van der Waals surface area (Å²) in [5, 5.41) is 5.01. The number of carbonyl (C=O) groups excluding carboxylic acids is 1. The predicted molar refractivity (Wildman–Crippen MR) is 96.4 cm³/mol. The standard InChI is InChI=1S/C18H23N3O2S/c1-13-6-9-21(10-7-13)15(16-5-3-11-24-16)12-20-18(23)14-4-2-8-19-17(14)22/h2-5,8,11,13,15H,6-7,9-10,12H2,1H3,(H,19,22)(H,20,23). The van der Waals surface area contributed by atoms with Gasteiger partial charge in [0.25, 0.3) is 11.5 Å². The van der Waals surface area contributed by atoms with Crippen molar-refractivity contribution in [2.45, 2.75) is 25.8 Å². The van der Waals surface area contributed by atoms with Gasteiger partial charge in [0.1, 0.15) is 5.56 Å². The molecule has 1 atom stereocenters. The summed E-state index contributed by atoms with van der Waals surface area (Å²) in [7, 11) is 0. The van der Waals surface area contributed by atoms with Gasteiger partial charge in [-0.25, -0.2) is 0 Å². The molecule has 1 amide bonds. The molecular weight excluding hydrogens is 322 g/mol. The van der Waals surface area contributed by atoms with Crippen LogP contribution in [0.15, 0.2) is 40.6 Å². The summed E-state index contributed by atoms with van der Waals surface area (Å²) in [6.07, 6.45) is 3.91. The van der Waals surface area contributed by atoms with Crippen LogP contribution >= 0.6 is 11.3 Å². The molecule has 2 N–H and O–H groups in total. The molecule has 5 nitrogen and oxygen atoms in total. The molecule has 128 valence electrons. The van der Waals surface area contributed by atoms with E-state index in [1.54, 1.807) is 23.5 Å². The lowest BCUT2D eigenvalue weighted by atomic mass is 9.97. The van der Waals surface area contributed by atoms with Crippen LogP contribution in [0.1, 0.15) is 41.0 Å². The zero-order chi connectivity index (χ0) is 16.9. The van der Waals surface area contributed by atoms with E-state index in [0.717, 1.165) is 19.0 Å². The van der Waals surface area contributed by atoms with Crippen LogP contribution in [0.25, 0.3) is 0 Å². The second-order valence-corrected chi connectivity index (χ2v) is 7.35. The zero-order valence-corrected chi connectivity index (χ0v) is 14.6. The molecule has 0 saturated carbocycles. The van der Waals surface area contributed by atoms with Gasteiger partial charge in [-0.05, 0) is 55.4 Å². The molecule has 0 spiro atoms. The van der Waals surface area contributed by atoms with Crippen molar-refractivity contribution in [3.05, 3.63) is 56.6 Å². The lowest BCUT2D eigenvalue weighted by Crippen LogP contribution is -2.42. The Labute approximate surface area is 145 Å². The number of nitrogens with zero attached hydrogens (tertiary/aromatic N) is 1. The first-order valence-electron chi connectivity index (χ1n) is 8.38. The maximum Gasteiger partial charge on any atom is 0.260 e. The lowest BCUT2D eigenvalue weighted by Gasteiger charge is -2.36. The van der Waals surface area contributed by atoms with Gasteiger partial charge in [-0.2, -0.15) is 0 Å². The van der Waals surface area contributed by atoms with Gasteiger partial charge >= 0.3 is 0 Å². The molecule has 3 rings (SSSR count). The normalized spacial score (nSPS) is 17.5. The zero-order valence-electron chi connectivity index (χ0n) is 13.8. The number of piperidine rings is 1. The Hall–Kier alpha value is -1.92. The van der Waals surface area contributed by atoms with E-state index in [2.05, 4.69) is 33.6 Å². The van der Waals surface area contributed by atoms with Gasteiger partial charge in [0, 0.05) is 17.6 Å². The monoisotopic (exact) mass is 345 g/mol. The minimum absolute atomic E-state index is 0.162. The van der Waals surface area contributed by atoms with Gasteiger partial charge in [0.05, 0.1) is 6.04 Å². The van der Waals surface area contributed by atoms with Gasteiger partial charge in [-0.3, -0.25) is 14.5 Å². The lowest BCUT2D eigenvalue weighted by molar-refractivity contribution is 0.0913. The summed E-state index contributed by atoms with van der Waals surface area (Å²) in [5.74, 6) is 0.450. The number of carbonyl (C=O) groups is 1. The van der Waals surface area contributed by atoms with Gasteiger partial charge in [-0.1, -0.05) is 13.0 Å². The second-order valence-electron chi connectivity index (χ2n) is 6.37. The van der Waals surface area contributed by atoms with Crippen LogP contribution in [0, 0.1) is 5.92 Å². The summed E-state index contributed by atoms with van der Waals surface area (Å²) in [4.78, 5) is 30.3. The molecule has 1 aliphatic rings. The van der Waals surface area contributed by atoms with Crippen LogP contribution in [0.4, 0.5) is 0 Å². The summed E-state index contributed by atoms with van der Waals surface area (Å²) < 4.78 is 0. The van der Waals surface area contributed by atoms with E-state index in [1.165, 1.54) is 23.9 Å². The molecule has 0 radical (unpaired) electrons. The van der Waals surface area contributed by atoms with E-state index in [9.17, 15) is 9.59 Å². The maximum atomic E-state index is 12.3. The highest BCUT2D eigenvalue weighted by Crippen LogP contribution is 2.29. The first kappa shape index (κ1) is 16.9. The fraction of sp³-hybridized carbons (Fsp3) is 0.444. The number of aromatic nitrogens is 1. The average molecular weight is 345 g/mol. The smallest absolute Gasteiger partial charge is 0.260 e. The Kier molecular flexibility index (Phi) is 5.48. The number of hydrogen-bond acceptors (Lipinski definition) is 4. The minimum atomic E-state index is -0.352. The van der Waals surface area contributed by atoms with Crippen LogP contribution in [-0.4, -0.2) is 35.4 Å². The highest BCUT2D eigenvalue weighted by Gasteiger charge is 2.26. The van der Waals surface area contributed by atoms with Gasteiger partial charge < -0.3 is 10.3 Å². The molecule has 1 aliphatic heterocycles. The Morgan fingerprint density at radius 3 is 2.83 bits per heavy atom. The largest absolute Gasteiger partial charge is 0.350 e. The second kappa shape index (κ2) is 7.77. The van der Waals surface area contributed by atoms with Crippen LogP contribution < -0.4 is 10.9 Å². The first-order valence-corrected chi connectivity index (χ1v) is 9.26. The third-order valence-corrected chi connectivity index (χ3v) is 5.62. The molecule has 24 heavy (non-hydrogen) atoms. The van der Waals surface area contributed by atoms with Crippen molar-refractivity contribution >= 4 is 17.2 Å². The highest BCUT2D eigenvalue weighted by atomic mass is 32.1. The van der Waals surface area contributed by atoms with Gasteiger partial charge in [-0.15, -0.1) is 11.3 Å². The van der Waals surface area contributed by atoms with Crippen molar-refractivity contribution in [2.75, 3.05) is 19.6 Å². The predicted octanol–water partition coefficient (Wildman–Crippen LogP) is 2.64. The van der Waals surface area contributed by atoms with Crippen molar-refractivity contribution in [3.8, 4) is 0 Å². The van der Waals surface area contributed by atoms with E-state index < -0.39 is 0 Å². The van der Waals surface area contributed by atoms with Crippen molar-refractivity contribution in [1.82, 2.24) is 15.2 Å². The molecule has 6 heteroatoms. The van der Waals surface area contributed by atoms with Crippen molar-refractivity contribution < 1.29 is 4.79 Å². The first-order chi connectivity index (χ1) is 11.6. The molecule has 0 aliphatic carbocycles. The van der Waals surface area contributed by atoms with Crippen LogP contribution in [0.3, 0.4) is 0 Å². The molecule has 2 aromatic heterocycles. The van der Waals surface area contributed by atoms with Crippen LogP contribution in [0.5, 0.6) is 0 Å². The number of pyridine rings is 1. The van der Waals surface area contributed by atoms with E-state index in [0.29, 0.717) is 6.54 Å². The van der Waals surface area contributed by atoms with Crippen molar-refractivity contribution in [3.63, 3.8) is 0 Å². The molecule has 1 fully saturated rings. The number of aromatic amines is 1. The highest BCUT2D eigenvalue weighted by molar-refractivity contribution is 7.10.